The first-order valence-corrected chi connectivity index (χ1v) is 6.31. The number of halogens is 1. The molecule has 0 aliphatic carbocycles. The van der Waals surface area contributed by atoms with Crippen molar-refractivity contribution in [2.75, 3.05) is 5.32 Å². The summed E-state index contributed by atoms with van der Waals surface area (Å²) in [5, 5.41) is 11.7. The van der Waals surface area contributed by atoms with Crippen LogP contribution in [0, 0.1) is 0 Å². The lowest BCUT2D eigenvalue weighted by molar-refractivity contribution is 0.0696. The minimum atomic E-state index is -1.12. The van der Waals surface area contributed by atoms with Gasteiger partial charge in [-0.25, -0.2) is 4.79 Å². The third-order valence-corrected chi connectivity index (χ3v) is 2.85. The summed E-state index contributed by atoms with van der Waals surface area (Å²) in [6.07, 6.45) is 0.688. The molecular formula is C14H12ClNO4. The Morgan fingerprint density at radius 2 is 2.05 bits per heavy atom. The molecule has 0 aliphatic rings. The Balaban J connectivity index is 2.21. The van der Waals surface area contributed by atoms with Crippen LogP contribution in [-0.4, -0.2) is 17.0 Å². The zero-order valence-electron chi connectivity index (χ0n) is 10.6. The van der Waals surface area contributed by atoms with Crippen LogP contribution in [0.25, 0.3) is 0 Å². The van der Waals surface area contributed by atoms with E-state index < -0.39 is 11.9 Å². The second-order valence-electron chi connectivity index (χ2n) is 4.11. The van der Waals surface area contributed by atoms with E-state index in [-0.39, 0.29) is 16.3 Å². The fourth-order valence-electron chi connectivity index (χ4n) is 1.67. The van der Waals surface area contributed by atoms with E-state index in [1.807, 2.05) is 6.92 Å². The maximum Gasteiger partial charge on any atom is 0.335 e. The first kappa shape index (κ1) is 14.1. The molecule has 2 rings (SSSR count). The molecule has 20 heavy (non-hydrogen) atoms. The molecule has 1 aromatic heterocycles. The van der Waals surface area contributed by atoms with Crippen molar-refractivity contribution in [3.8, 4) is 0 Å². The number of aromatic carboxylic acids is 1. The molecule has 104 valence electrons. The Labute approximate surface area is 120 Å². The number of carbonyl (C=O) groups is 2. The number of amides is 1. The fourth-order valence-corrected chi connectivity index (χ4v) is 1.90. The summed E-state index contributed by atoms with van der Waals surface area (Å²) < 4.78 is 5.31. The lowest BCUT2D eigenvalue weighted by atomic mass is 10.2. The van der Waals surface area contributed by atoms with Crippen LogP contribution < -0.4 is 5.32 Å². The lowest BCUT2D eigenvalue weighted by Gasteiger charge is -2.05. The Hall–Kier alpha value is -2.27. The Kier molecular flexibility index (Phi) is 4.10. The van der Waals surface area contributed by atoms with Crippen molar-refractivity contribution in [1.82, 2.24) is 0 Å². The highest BCUT2D eigenvalue weighted by Gasteiger charge is 2.13. The molecule has 2 aromatic rings. The van der Waals surface area contributed by atoms with Crippen molar-refractivity contribution in [3.05, 3.63) is 52.4 Å². The van der Waals surface area contributed by atoms with Crippen LogP contribution in [0.4, 0.5) is 5.69 Å². The summed E-state index contributed by atoms with van der Waals surface area (Å²) >= 11 is 5.81. The van der Waals surface area contributed by atoms with Crippen LogP contribution in [0.3, 0.4) is 0 Å². The number of benzene rings is 1. The molecule has 0 radical (unpaired) electrons. The summed E-state index contributed by atoms with van der Waals surface area (Å²) in [7, 11) is 0. The maximum absolute atomic E-state index is 11.9. The number of carboxylic acids is 1. The summed E-state index contributed by atoms with van der Waals surface area (Å²) in [6.45, 7) is 1.91. The van der Waals surface area contributed by atoms with Gasteiger partial charge in [0.05, 0.1) is 5.56 Å². The highest BCUT2D eigenvalue weighted by molar-refractivity contribution is 6.31. The minimum Gasteiger partial charge on any atom is -0.478 e. The van der Waals surface area contributed by atoms with Crippen molar-refractivity contribution < 1.29 is 19.1 Å². The molecule has 0 saturated carbocycles. The van der Waals surface area contributed by atoms with Crippen molar-refractivity contribution in [1.29, 1.82) is 0 Å². The number of aryl methyl sites for hydroxylation is 1. The molecule has 0 unspecified atom stereocenters. The lowest BCUT2D eigenvalue weighted by Crippen LogP contribution is -2.11. The predicted octanol–water partition coefficient (Wildman–Crippen LogP) is 3.45. The van der Waals surface area contributed by atoms with Gasteiger partial charge >= 0.3 is 5.97 Å². The van der Waals surface area contributed by atoms with E-state index in [1.54, 1.807) is 12.1 Å². The van der Waals surface area contributed by atoms with Crippen LogP contribution in [0.15, 0.2) is 34.7 Å². The first-order valence-electron chi connectivity index (χ1n) is 5.93. The monoisotopic (exact) mass is 293 g/mol. The smallest absolute Gasteiger partial charge is 0.335 e. The van der Waals surface area contributed by atoms with Crippen LogP contribution in [0.5, 0.6) is 0 Å². The quantitative estimate of drug-likeness (QED) is 0.905. The summed E-state index contributed by atoms with van der Waals surface area (Å²) in [5.74, 6) is -0.705. The number of hydrogen-bond donors (Lipinski definition) is 2. The molecule has 5 nitrogen and oxygen atoms in total. The van der Waals surface area contributed by atoms with Gasteiger partial charge in [0.1, 0.15) is 5.76 Å². The van der Waals surface area contributed by atoms with E-state index >= 15 is 0 Å². The summed E-state index contributed by atoms with van der Waals surface area (Å²) in [6, 6.07) is 7.39. The van der Waals surface area contributed by atoms with Gasteiger partial charge in [0.15, 0.2) is 5.76 Å². The topological polar surface area (TPSA) is 79.5 Å². The van der Waals surface area contributed by atoms with Crippen LogP contribution in [0.2, 0.25) is 5.02 Å². The normalized spacial score (nSPS) is 10.3. The van der Waals surface area contributed by atoms with E-state index in [9.17, 15) is 9.59 Å². The van der Waals surface area contributed by atoms with Gasteiger partial charge in [-0.1, -0.05) is 18.5 Å². The van der Waals surface area contributed by atoms with Crippen LogP contribution >= 0.6 is 11.6 Å². The van der Waals surface area contributed by atoms with Gasteiger partial charge < -0.3 is 14.8 Å². The van der Waals surface area contributed by atoms with E-state index in [1.165, 1.54) is 18.2 Å². The SMILES string of the molecule is CCc1ccc(C(=O)Nc2cc(Cl)cc(C(=O)O)c2)o1. The largest absolute Gasteiger partial charge is 0.478 e. The second kappa shape index (κ2) is 5.79. The van der Waals surface area contributed by atoms with Crippen LogP contribution in [0.1, 0.15) is 33.6 Å². The van der Waals surface area contributed by atoms with Crippen LogP contribution in [-0.2, 0) is 6.42 Å². The maximum atomic E-state index is 11.9. The second-order valence-corrected chi connectivity index (χ2v) is 4.54. The number of nitrogens with one attached hydrogen (secondary N) is 1. The number of anilines is 1. The average molecular weight is 294 g/mol. The molecule has 1 amide bonds. The summed E-state index contributed by atoms with van der Waals surface area (Å²) in [4.78, 5) is 22.9. The number of hydrogen-bond acceptors (Lipinski definition) is 3. The van der Waals surface area contributed by atoms with Gasteiger partial charge in [0, 0.05) is 17.1 Å². The highest BCUT2D eigenvalue weighted by Crippen LogP contribution is 2.20. The van der Waals surface area contributed by atoms with E-state index in [0.29, 0.717) is 17.9 Å². The number of furan rings is 1. The van der Waals surface area contributed by atoms with Crippen molar-refractivity contribution in [2.24, 2.45) is 0 Å². The Bertz CT molecular complexity index is 663. The predicted molar refractivity (Wildman–Crippen MR) is 74.5 cm³/mol. The standard InChI is InChI=1S/C14H12ClNO4/c1-2-11-3-4-12(20-11)13(17)16-10-6-8(14(18)19)5-9(15)7-10/h3-7H,2H2,1H3,(H,16,17)(H,18,19). The van der Waals surface area contributed by atoms with Gasteiger partial charge in [0.25, 0.3) is 5.91 Å². The van der Waals surface area contributed by atoms with E-state index in [2.05, 4.69) is 5.32 Å². The van der Waals surface area contributed by atoms with Gasteiger partial charge in [0.2, 0.25) is 0 Å². The first-order chi connectivity index (χ1) is 9.49. The third-order valence-electron chi connectivity index (χ3n) is 2.64. The Morgan fingerprint density at radius 1 is 1.30 bits per heavy atom. The summed E-state index contributed by atoms with van der Waals surface area (Å²) in [5.41, 5.74) is 0.302. The van der Waals surface area contributed by atoms with Crippen molar-refractivity contribution >= 4 is 29.2 Å². The van der Waals surface area contributed by atoms with E-state index in [4.69, 9.17) is 21.1 Å². The molecule has 0 spiro atoms. The number of carbonyl (C=O) groups excluding carboxylic acids is 1. The van der Waals surface area contributed by atoms with Gasteiger partial charge in [-0.15, -0.1) is 0 Å². The highest BCUT2D eigenvalue weighted by atomic mass is 35.5. The molecule has 0 atom stereocenters. The molecule has 1 aromatic carbocycles. The molecule has 0 saturated heterocycles. The minimum absolute atomic E-state index is 0.00138. The zero-order chi connectivity index (χ0) is 14.7. The van der Waals surface area contributed by atoms with E-state index in [0.717, 1.165) is 0 Å². The molecule has 0 fully saturated rings. The third kappa shape index (κ3) is 3.19. The number of carboxylic acid groups (broad SMARTS) is 1. The molecule has 1 heterocycles. The van der Waals surface area contributed by atoms with Crippen molar-refractivity contribution in [3.63, 3.8) is 0 Å². The van der Waals surface area contributed by atoms with Gasteiger partial charge in [-0.3, -0.25) is 4.79 Å². The molecular weight excluding hydrogens is 282 g/mol. The molecule has 6 heteroatoms. The Morgan fingerprint density at radius 3 is 2.65 bits per heavy atom. The molecule has 0 bridgehead atoms. The number of rotatable bonds is 4. The van der Waals surface area contributed by atoms with Crippen molar-refractivity contribution in [2.45, 2.75) is 13.3 Å². The van der Waals surface area contributed by atoms with Gasteiger partial charge in [-0.05, 0) is 30.3 Å². The van der Waals surface area contributed by atoms with Gasteiger partial charge in [-0.2, -0.15) is 0 Å². The molecule has 2 N–H and O–H groups in total. The fraction of sp³-hybridized carbons (Fsp3) is 0.143. The zero-order valence-corrected chi connectivity index (χ0v) is 11.4. The average Bonchev–Trinajstić information content (AvgIpc) is 2.86. The molecule has 0 aliphatic heterocycles.